The molecule has 2 N–H and O–H groups in total. The summed E-state index contributed by atoms with van der Waals surface area (Å²) in [6.07, 6.45) is 2.71. The summed E-state index contributed by atoms with van der Waals surface area (Å²) in [5.74, 6) is -1.77. The lowest BCUT2D eigenvalue weighted by atomic mass is 10.1. The second-order valence-electron chi connectivity index (χ2n) is 6.29. The Bertz CT molecular complexity index is 998. The molecule has 0 atom stereocenters. The van der Waals surface area contributed by atoms with Gasteiger partial charge in [0.25, 0.3) is 5.91 Å². The first kappa shape index (κ1) is 20.8. The lowest BCUT2D eigenvalue weighted by Crippen LogP contribution is -2.36. The maximum absolute atomic E-state index is 12.7. The van der Waals surface area contributed by atoms with E-state index in [1.54, 1.807) is 6.08 Å². The topological polar surface area (TPSA) is 86.7 Å². The van der Waals surface area contributed by atoms with Crippen LogP contribution in [0.4, 0.5) is 5.69 Å². The minimum Gasteiger partial charge on any atom is -0.478 e. The second kappa shape index (κ2) is 9.02. The zero-order valence-corrected chi connectivity index (χ0v) is 17.2. The lowest BCUT2D eigenvalue weighted by Gasteiger charge is -2.14. The molecule has 148 valence electrons. The van der Waals surface area contributed by atoms with Gasteiger partial charge in [-0.25, -0.2) is 4.79 Å². The van der Waals surface area contributed by atoms with E-state index >= 15 is 0 Å². The normalized spacial score (nSPS) is 15.1. The molecule has 0 unspecified atom stereocenters. The van der Waals surface area contributed by atoms with E-state index in [9.17, 15) is 14.4 Å². The van der Waals surface area contributed by atoms with Crippen LogP contribution in [0.15, 0.2) is 53.4 Å². The first-order chi connectivity index (χ1) is 13.9. The molecule has 3 rings (SSSR count). The van der Waals surface area contributed by atoms with Crippen LogP contribution >= 0.6 is 24.0 Å². The molecule has 0 aromatic heterocycles. The number of aryl methyl sites for hydroxylation is 1. The fourth-order valence-electron chi connectivity index (χ4n) is 2.68. The van der Waals surface area contributed by atoms with Gasteiger partial charge in [-0.2, -0.15) is 0 Å². The minimum absolute atomic E-state index is 0.122. The first-order valence-electron chi connectivity index (χ1n) is 8.85. The molecule has 2 amide bonds. The Labute approximate surface area is 177 Å². The molecule has 0 bridgehead atoms. The summed E-state index contributed by atoms with van der Waals surface area (Å²) in [5.41, 5.74) is 2.67. The van der Waals surface area contributed by atoms with Crippen LogP contribution in [0.3, 0.4) is 0 Å². The van der Waals surface area contributed by atoms with E-state index in [0.717, 1.165) is 23.7 Å². The fourth-order valence-corrected chi connectivity index (χ4v) is 3.93. The van der Waals surface area contributed by atoms with E-state index in [1.807, 2.05) is 24.3 Å². The highest BCUT2D eigenvalue weighted by atomic mass is 32.2. The van der Waals surface area contributed by atoms with Gasteiger partial charge in [-0.3, -0.25) is 14.5 Å². The van der Waals surface area contributed by atoms with Crippen LogP contribution in [-0.4, -0.2) is 38.7 Å². The van der Waals surface area contributed by atoms with Gasteiger partial charge in [-0.1, -0.05) is 55.2 Å². The van der Waals surface area contributed by atoms with Crippen molar-refractivity contribution >= 4 is 57.8 Å². The van der Waals surface area contributed by atoms with Crippen LogP contribution in [0.2, 0.25) is 0 Å². The predicted molar refractivity (Wildman–Crippen MR) is 118 cm³/mol. The summed E-state index contributed by atoms with van der Waals surface area (Å²) in [7, 11) is 0. The van der Waals surface area contributed by atoms with Gasteiger partial charge in [0.15, 0.2) is 0 Å². The van der Waals surface area contributed by atoms with Gasteiger partial charge in [-0.15, -0.1) is 0 Å². The molecule has 1 heterocycles. The monoisotopic (exact) mass is 426 g/mol. The Morgan fingerprint density at radius 1 is 1.14 bits per heavy atom. The number of carboxylic acid groups (broad SMARTS) is 1. The lowest BCUT2D eigenvalue weighted by molar-refractivity contribution is -0.126. The third kappa shape index (κ3) is 5.10. The quantitative estimate of drug-likeness (QED) is 0.540. The van der Waals surface area contributed by atoms with E-state index in [0.29, 0.717) is 14.9 Å². The number of anilines is 1. The van der Waals surface area contributed by atoms with Gasteiger partial charge >= 0.3 is 5.97 Å². The van der Waals surface area contributed by atoms with Crippen molar-refractivity contribution in [3.8, 4) is 0 Å². The SMILES string of the molecule is CCc1ccc(C=C2SC(=S)N(CC(=O)Nc3ccc(C(=O)O)cc3)C2=O)cc1. The van der Waals surface area contributed by atoms with Crippen molar-refractivity contribution < 1.29 is 19.5 Å². The minimum atomic E-state index is -1.04. The number of rotatable bonds is 6. The zero-order chi connectivity index (χ0) is 21.0. The van der Waals surface area contributed by atoms with E-state index in [2.05, 4.69) is 12.2 Å². The number of thioether (sulfide) groups is 1. The Hall–Kier alpha value is -2.97. The summed E-state index contributed by atoms with van der Waals surface area (Å²) in [4.78, 5) is 37.6. The predicted octanol–water partition coefficient (Wildman–Crippen LogP) is 3.79. The van der Waals surface area contributed by atoms with Crippen molar-refractivity contribution in [1.82, 2.24) is 4.90 Å². The molecular weight excluding hydrogens is 408 g/mol. The van der Waals surface area contributed by atoms with Gasteiger partial charge in [0, 0.05) is 5.69 Å². The number of aromatic carboxylic acids is 1. The Morgan fingerprint density at radius 2 is 1.79 bits per heavy atom. The molecule has 6 nitrogen and oxygen atoms in total. The number of hydrogen-bond donors (Lipinski definition) is 2. The van der Waals surface area contributed by atoms with Crippen molar-refractivity contribution in [3.63, 3.8) is 0 Å². The largest absolute Gasteiger partial charge is 0.478 e. The molecule has 8 heteroatoms. The van der Waals surface area contributed by atoms with Crippen molar-refractivity contribution in [2.75, 3.05) is 11.9 Å². The van der Waals surface area contributed by atoms with Gasteiger partial charge in [0.1, 0.15) is 10.9 Å². The molecule has 1 fully saturated rings. The standard InChI is InChI=1S/C21H18N2O4S2/c1-2-13-3-5-14(6-4-13)11-17-19(25)23(21(28)29-17)12-18(24)22-16-9-7-15(8-10-16)20(26)27/h3-11H,2,12H2,1H3,(H,22,24)(H,26,27). The summed E-state index contributed by atoms with van der Waals surface area (Å²) in [5, 5.41) is 11.5. The molecule has 0 spiro atoms. The number of nitrogens with one attached hydrogen (secondary N) is 1. The molecule has 2 aromatic carbocycles. The van der Waals surface area contributed by atoms with Crippen LogP contribution in [0.5, 0.6) is 0 Å². The van der Waals surface area contributed by atoms with Crippen molar-refractivity contribution in [2.45, 2.75) is 13.3 Å². The number of carbonyl (C=O) groups is 3. The van der Waals surface area contributed by atoms with Crippen molar-refractivity contribution in [1.29, 1.82) is 0 Å². The fraction of sp³-hybridized carbons (Fsp3) is 0.143. The highest BCUT2D eigenvalue weighted by Gasteiger charge is 2.33. The van der Waals surface area contributed by atoms with Gasteiger partial charge in [0.2, 0.25) is 5.91 Å². The molecule has 1 saturated heterocycles. The van der Waals surface area contributed by atoms with E-state index in [-0.39, 0.29) is 18.0 Å². The number of amides is 2. The zero-order valence-electron chi connectivity index (χ0n) is 15.5. The summed E-state index contributed by atoms with van der Waals surface area (Å²) in [6.45, 7) is 1.86. The average Bonchev–Trinajstić information content (AvgIpc) is 2.96. The highest BCUT2D eigenvalue weighted by molar-refractivity contribution is 8.26. The Balaban J connectivity index is 1.65. The van der Waals surface area contributed by atoms with Gasteiger partial charge < -0.3 is 10.4 Å². The molecule has 0 aliphatic carbocycles. The maximum Gasteiger partial charge on any atom is 0.335 e. The third-order valence-electron chi connectivity index (χ3n) is 4.28. The third-order valence-corrected chi connectivity index (χ3v) is 5.65. The van der Waals surface area contributed by atoms with Crippen molar-refractivity contribution in [3.05, 3.63) is 70.1 Å². The first-order valence-corrected chi connectivity index (χ1v) is 10.1. The summed E-state index contributed by atoms with van der Waals surface area (Å²) >= 11 is 6.42. The van der Waals surface area contributed by atoms with E-state index in [4.69, 9.17) is 17.3 Å². The van der Waals surface area contributed by atoms with E-state index in [1.165, 1.54) is 34.7 Å². The molecule has 1 aliphatic rings. The van der Waals surface area contributed by atoms with Crippen molar-refractivity contribution in [2.24, 2.45) is 0 Å². The summed E-state index contributed by atoms with van der Waals surface area (Å²) in [6, 6.07) is 13.7. The highest BCUT2D eigenvalue weighted by Crippen LogP contribution is 2.32. The van der Waals surface area contributed by atoms with Crippen LogP contribution in [0, 0.1) is 0 Å². The smallest absolute Gasteiger partial charge is 0.335 e. The molecule has 0 radical (unpaired) electrons. The molecular formula is C21H18N2O4S2. The number of nitrogens with zero attached hydrogens (tertiary/aromatic N) is 1. The number of hydrogen-bond acceptors (Lipinski definition) is 5. The van der Waals surface area contributed by atoms with Crippen LogP contribution in [0.1, 0.15) is 28.4 Å². The number of benzene rings is 2. The number of carbonyl (C=O) groups excluding carboxylic acids is 2. The Morgan fingerprint density at radius 3 is 2.38 bits per heavy atom. The number of thiocarbonyl (C=S) groups is 1. The molecule has 1 aliphatic heterocycles. The van der Waals surface area contributed by atoms with Crippen LogP contribution < -0.4 is 5.32 Å². The van der Waals surface area contributed by atoms with E-state index < -0.39 is 11.9 Å². The second-order valence-corrected chi connectivity index (χ2v) is 7.97. The maximum atomic E-state index is 12.7. The van der Waals surface area contributed by atoms with Crippen LogP contribution in [0.25, 0.3) is 6.08 Å². The molecule has 2 aromatic rings. The summed E-state index contributed by atoms with van der Waals surface area (Å²) < 4.78 is 0.322. The molecule has 29 heavy (non-hydrogen) atoms. The van der Waals surface area contributed by atoms with Crippen LogP contribution in [-0.2, 0) is 16.0 Å². The average molecular weight is 427 g/mol. The van der Waals surface area contributed by atoms with Gasteiger partial charge in [-0.05, 0) is 47.9 Å². The Kier molecular flexibility index (Phi) is 6.46. The molecule has 0 saturated carbocycles. The number of carboxylic acids is 1. The van der Waals surface area contributed by atoms with Gasteiger partial charge in [0.05, 0.1) is 10.5 Å².